The highest BCUT2D eigenvalue weighted by Gasteiger charge is 2.09. The first-order valence-corrected chi connectivity index (χ1v) is 7.21. The van der Waals surface area contributed by atoms with Crippen LogP contribution in [0.15, 0.2) is 18.2 Å². The molecule has 0 aliphatic heterocycles. The first-order chi connectivity index (χ1) is 9.00. The summed E-state index contributed by atoms with van der Waals surface area (Å²) >= 11 is 12.0. The van der Waals surface area contributed by atoms with E-state index in [1.165, 1.54) is 0 Å². The minimum atomic E-state index is -0.0907. The van der Waals surface area contributed by atoms with Gasteiger partial charge in [0.1, 0.15) is 0 Å². The third kappa shape index (κ3) is 6.28. The fraction of sp³-hybridized carbons (Fsp3) is 0.500. The van der Waals surface area contributed by atoms with E-state index in [4.69, 9.17) is 23.2 Å². The van der Waals surface area contributed by atoms with Gasteiger partial charge in [0.15, 0.2) is 0 Å². The average Bonchev–Trinajstić information content (AvgIpc) is 2.33. The van der Waals surface area contributed by atoms with Crippen LogP contribution in [0.3, 0.4) is 0 Å². The van der Waals surface area contributed by atoms with Crippen molar-refractivity contribution in [3.05, 3.63) is 28.2 Å². The van der Waals surface area contributed by atoms with Gasteiger partial charge >= 0.3 is 0 Å². The Labute approximate surface area is 124 Å². The van der Waals surface area contributed by atoms with E-state index in [1.807, 2.05) is 0 Å². The predicted octanol–water partition coefficient (Wildman–Crippen LogP) is 3.96. The molecular formula is C14H20Cl2N2O. The topological polar surface area (TPSA) is 41.1 Å². The number of nitrogens with one attached hydrogen (secondary N) is 2. The summed E-state index contributed by atoms with van der Waals surface area (Å²) in [7, 11) is 0. The number of rotatable bonds is 7. The molecule has 0 unspecified atom stereocenters. The normalized spacial score (nSPS) is 10.8. The Balaban J connectivity index is 2.32. The van der Waals surface area contributed by atoms with Crippen molar-refractivity contribution in [3.8, 4) is 0 Å². The summed E-state index contributed by atoms with van der Waals surface area (Å²) < 4.78 is 0. The van der Waals surface area contributed by atoms with E-state index in [9.17, 15) is 4.79 Å². The van der Waals surface area contributed by atoms with Crippen LogP contribution in [0.2, 0.25) is 10.0 Å². The second-order valence-electron chi connectivity index (χ2n) is 4.83. The standard InChI is InChI=1S/C14H20Cl2N2O/c1-10(2)6-8-17-9-7-13(19)18-14-11(15)4-3-5-12(14)16/h3-5,10,17H,6-9H2,1-2H3,(H,18,19). The monoisotopic (exact) mass is 302 g/mol. The van der Waals surface area contributed by atoms with E-state index >= 15 is 0 Å². The van der Waals surface area contributed by atoms with Gasteiger partial charge in [-0.05, 0) is 31.0 Å². The molecule has 0 fully saturated rings. The summed E-state index contributed by atoms with van der Waals surface area (Å²) in [5.41, 5.74) is 0.484. The third-order valence-electron chi connectivity index (χ3n) is 2.65. The van der Waals surface area contributed by atoms with Crippen LogP contribution in [0.1, 0.15) is 26.7 Å². The Hall–Kier alpha value is -0.770. The molecule has 0 aliphatic rings. The summed E-state index contributed by atoms with van der Waals surface area (Å²) in [5, 5.41) is 6.88. The molecule has 1 aromatic rings. The van der Waals surface area contributed by atoms with Gasteiger partial charge in [-0.15, -0.1) is 0 Å². The van der Waals surface area contributed by atoms with Crippen molar-refractivity contribution in [2.75, 3.05) is 18.4 Å². The van der Waals surface area contributed by atoms with Gasteiger partial charge < -0.3 is 10.6 Å². The zero-order chi connectivity index (χ0) is 14.3. The molecule has 0 aliphatic carbocycles. The Morgan fingerprint density at radius 1 is 1.21 bits per heavy atom. The smallest absolute Gasteiger partial charge is 0.225 e. The molecule has 1 aromatic carbocycles. The summed E-state index contributed by atoms with van der Waals surface area (Å²) in [5.74, 6) is 0.579. The highest BCUT2D eigenvalue weighted by atomic mass is 35.5. The van der Waals surface area contributed by atoms with E-state index in [2.05, 4.69) is 24.5 Å². The van der Waals surface area contributed by atoms with E-state index in [-0.39, 0.29) is 5.91 Å². The lowest BCUT2D eigenvalue weighted by Crippen LogP contribution is -2.23. The highest BCUT2D eigenvalue weighted by Crippen LogP contribution is 2.29. The molecule has 0 saturated carbocycles. The number of hydrogen-bond acceptors (Lipinski definition) is 2. The maximum absolute atomic E-state index is 11.7. The van der Waals surface area contributed by atoms with Crippen LogP contribution >= 0.6 is 23.2 Å². The second kappa shape index (κ2) is 8.41. The van der Waals surface area contributed by atoms with Crippen molar-refractivity contribution in [1.82, 2.24) is 5.32 Å². The summed E-state index contributed by atoms with van der Waals surface area (Å²) in [4.78, 5) is 11.7. The van der Waals surface area contributed by atoms with Crippen LogP contribution in [-0.2, 0) is 4.79 Å². The minimum Gasteiger partial charge on any atom is -0.324 e. The molecule has 1 rings (SSSR count). The molecule has 0 heterocycles. The van der Waals surface area contributed by atoms with Gasteiger partial charge in [-0.1, -0.05) is 43.1 Å². The van der Waals surface area contributed by atoms with E-state index in [0.29, 0.717) is 34.6 Å². The molecule has 0 bridgehead atoms. The number of anilines is 1. The summed E-state index contributed by atoms with van der Waals surface area (Å²) in [6, 6.07) is 5.14. The number of halogens is 2. The van der Waals surface area contributed by atoms with Crippen molar-refractivity contribution >= 4 is 34.8 Å². The lowest BCUT2D eigenvalue weighted by atomic mass is 10.1. The summed E-state index contributed by atoms with van der Waals surface area (Å²) in [6.45, 7) is 5.93. The van der Waals surface area contributed by atoms with Gasteiger partial charge in [-0.2, -0.15) is 0 Å². The largest absolute Gasteiger partial charge is 0.324 e. The zero-order valence-electron chi connectivity index (χ0n) is 11.3. The molecule has 106 valence electrons. The van der Waals surface area contributed by atoms with Crippen LogP contribution in [0.25, 0.3) is 0 Å². The summed E-state index contributed by atoms with van der Waals surface area (Å²) in [6.07, 6.45) is 1.51. The number of hydrogen-bond donors (Lipinski definition) is 2. The molecule has 3 nitrogen and oxygen atoms in total. The van der Waals surface area contributed by atoms with E-state index in [1.54, 1.807) is 18.2 Å². The number of carbonyl (C=O) groups excluding carboxylic acids is 1. The van der Waals surface area contributed by atoms with Crippen molar-refractivity contribution in [2.45, 2.75) is 26.7 Å². The Morgan fingerprint density at radius 3 is 2.42 bits per heavy atom. The molecule has 0 saturated heterocycles. The Bertz CT molecular complexity index is 402. The molecule has 2 N–H and O–H groups in total. The molecular weight excluding hydrogens is 283 g/mol. The fourth-order valence-corrected chi connectivity index (χ4v) is 2.03. The Morgan fingerprint density at radius 2 is 1.84 bits per heavy atom. The predicted molar refractivity (Wildman–Crippen MR) is 82.0 cm³/mol. The van der Waals surface area contributed by atoms with Gasteiger partial charge in [-0.25, -0.2) is 0 Å². The highest BCUT2D eigenvalue weighted by molar-refractivity contribution is 6.39. The molecule has 19 heavy (non-hydrogen) atoms. The lowest BCUT2D eigenvalue weighted by molar-refractivity contribution is -0.116. The lowest BCUT2D eigenvalue weighted by Gasteiger charge is -2.10. The first kappa shape index (κ1) is 16.3. The van der Waals surface area contributed by atoms with Crippen LogP contribution in [-0.4, -0.2) is 19.0 Å². The number of carbonyl (C=O) groups is 1. The molecule has 0 atom stereocenters. The van der Waals surface area contributed by atoms with Crippen LogP contribution in [0.4, 0.5) is 5.69 Å². The van der Waals surface area contributed by atoms with Crippen LogP contribution in [0.5, 0.6) is 0 Å². The molecule has 5 heteroatoms. The SMILES string of the molecule is CC(C)CCNCCC(=O)Nc1c(Cl)cccc1Cl. The van der Waals surface area contributed by atoms with Crippen molar-refractivity contribution in [2.24, 2.45) is 5.92 Å². The van der Waals surface area contributed by atoms with E-state index < -0.39 is 0 Å². The quantitative estimate of drug-likeness (QED) is 0.749. The maximum Gasteiger partial charge on any atom is 0.225 e. The van der Waals surface area contributed by atoms with Gasteiger partial charge in [-0.3, -0.25) is 4.79 Å². The molecule has 0 spiro atoms. The number of benzene rings is 1. The van der Waals surface area contributed by atoms with Crippen molar-refractivity contribution in [1.29, 1.82) is 0 Å². The molecule has 0 radical (unpaired) electrons. The number of amides is 1. The molecule has 0 aromatic heterocycles. The minimum absolute atomic E-state index is 0.0907. The van der Waals surface area contributed by atoms with Gasteiger partial charge in [0, 0.05) is 13.0 Å². The number of para-hydroxylation sites is 1. The van der Waals surface area contributed by atoms with E-state index in [0.717, 1.165) is 13.0 Å². The van der Waals surface area contributed by atoms with Crippen LogP contribution in [0, 0.1) is 5.92 Å². The zero-order valence-corrected chi connectivity index (χ0v) is 12.8. The van der Waals surface area contributed by atoms with Gasteiger partial charge in [0.05, 0.1) is 15.7 Å². The van der Waals surface area contributed by atoms with Crippen molar-refractivity contribution < 1.29 is 4.79 Å². The maximum atomic E-state index is 11.7. The van der Waals surface area contributed by atoms with Gasteiger partial charge in [0.2, 0.25) is 5.91 Å². The average molecular weight is 303 g/mol. The first-order valence-electron chi connectivity index (χ1n) is 6.45. The van der Waals surface area contributed by atoms with Crippen LogP contribution < -0.4 is 10.6 Å². The second-order valence-corrected chi connectivity index (χ2v) is 5.64. The Kier molecular flexibility index (Phi) is 7.21. The molecule has 1 amide bonds. The fourth-order valence-electron chi connectivity index (χ4n) is 1.54. The van der Waals surface area contributed by atoms with Gasteiger partial charge in [0.25, 0.3) is 0 Å². The third-order valence-corrected chi connectivity index (χ3v) is 3.28. The van der Waals surface area contributed by atoms with Crippen molar-refractivity contribution in [3.63, 3.8) is 0 Å².